The zero-order valence-electron chi connectivity index (χ0n) is 9.59. The van der Waals surface area contributed by atoms with Crippen molar-refractivity contribution >= 4 is 17.6 Å². The highest BCUT2D eigenvalue weighted by atomic mass is 19.1. The number of halogens is 2. The number of anilines is 1. The van der Waals surface area contributed by atoms with E-state index in [1.54, 1.807) is 0 Å². The summed E-state index contributed by atoms with van der Waals surface area (Å²) in [4.78, 5) is 22.6. The molecule has 1 aliphatic rings. The maximum Gasteiger partial charge on any atom is 0.319 e. The number of carboxylic acid groups (broad SMARTS) is 1. The Kier molecular flexibility index (Phi) is 2.80. The highest BCUT2D eigenvalue weighted by Crippen LogP contribution is 2.46. The number of hydrogen-bond acceptors (Lipinski definition) is 2. The number of carboxylic acids is 1. The van der Waals surface area contributed by atoms with E-state index in [1.165, 1.54) is 6.92 Å². The molecule has 2 rings (SSSR count). The molecule has 0 spiro atoms. The molecule has 1 amide bonds. The summed E-state index contributed by atoms with van der Waals surface area (Å²) >= 11 is 0. The van der Waals surface area contributed by atoms with Crippen molar-refractivity contribution < 1.29 is 23.5 Å². The van der Waals surface area contributed by atoms with Crippen LogP contribution in [-0.4, -0.2) is 17.0 Å². The van der Waals surface area contributed by atoms with Crippen LogP contribution in [0.3, 0.4) is 0 Å². The summed E-state index contributed by atoms with van der Waals surface area (Å²) in [6.45, 7) is 1.39. The number of amides is 1. The van der Waals surface area contributed by atoms with Gasteiger partial charge in [0.05, 0.1) is 5.69 Å². The second-order valence-electron chi connectivity index (χ2n) is 4.42. The molecule has 0 bridgehead atoms. The highest BCUT2D eigenvalue weighted by molar-refractivity contribution is 6.10. The molecule has 1 saturated carbocycles. The van der Waals surface area contributed by atoms with Gasteiger partial charge >= 0.3 is 5.97 Å². The second kappa shape index (κ2) is 4.04. The van der Waals surface area contributed by atoms with Crippen LogP contribution in [0.1, 0.15) is 18.4 Å². The van der Waals surface area contributed by atoms with Crippen LogP contribution in [0.25, 0.3) is 0 Å². The molecule has 0 saturated heterocycles. The van der Waals surface area contributed by atoms with Gasteiger partial charge in [-0.1, -0.05) is 0 Å². The predicted octanol–water partition coefficient (Wildman–Crippen LogP) is 2.08. The van der Waals surface area contributed by atoms with E-state index >= 15 is 0 Å². The lowest BCUT2D eigenvalue weighted by Crippen LogP contribution is -2.31. The molecule has 0 radical (unpaired) electrons. The first-order valence-electron chi connectivity index (χ1n) is 5.37. The molecule has 18 heavy (non-hydrogen) atoms. The smallest absolute Gasteiger partial charge is 0.319 e. The van der Waals surface area contributed by atoms with E-state index in [-0.39, 0.29) is 24.1 Å². The van der Waals surface area contributed by atoms with Crippen LogP contribution in [0.4, 0.5) is 14.5 Å². The number of carbonyl (C=O) groups excluding carboxylic acids is 1. The molecule has 0 atom stereocenters. The van der Waals surface area contributed by atoms with Crippen molar-refractivity contribution in [3.8, 4) is 0 Å². The lowest BCUT2D eigenvalue weighted by molar-refractivity contribution is -0.147. The van der Waals surface area contributed by atoms with E-state index in [0.717, 1.165) is 12.1 Å². The summed E-state index contributed by atoms with van der Waals surface area (Å²) in [5.74, 6) is -3.50. The molecule has 1 aliphatic carbocycles. The molecule has 0 unspecified atom stereocenters. The Morgan fingerprint density at radius 1 is 1.28 bits per heavy atom. The minimum atomic E-state index is -1.48. The van der Waals surface area contributed by atoms with Gasteiger partial charge in [0, 0.05) is 6.07 Å². The van der Waals surface area contributed by atoms with Gasteiger partial charge in [-0.25, -0.2) is 8.78 Å². The monoisotopic (exact) mass is 255 g/mol. The third-order valence-corrected chi connectivity index (χ3v) is 3.09. The van der Waals surface area contributed by atoms with Gasteiger partial charge in [0.15, 0.2) is 0 Å². The Morgan fingerprint density at radius 2 is 1.89 bits per heavy atom. The van der Waals surface area contributed by atoms with Gasteiger partial charge in [-0.2, -0.15) is 0 Å². The van der Waals surface area contributed by atoms with Crippen molar-refractivity contribution in [3.05, 3.63) is 29.3 Å². The number of rotatable bonds is 3. The molecule has 0 aromatic heterocycles. The zero-order valence-corrected chi connectivity index (χ0v) is 9.59. The summed E-state index contributed by atoms with van der Waals surface area (Å²) in [5, 5.41) is 11.0. The highest BCUT2D eigenvalue weighted by Gasteiger charge is 2.57. The van der Waals surface area contributed by atoms with E-state index in [2.05, 4.69) is 5.32 Å². The van der Waals surface area contributed by atoms with E-state index in [9.17, 15) is 18.4 Å². The third kappa shape index (κ3) is 1.94. The zero-order chi connectivity index (χ0) is 13.5. The van der Waals surface area contributed by atoms with E-state index in [1.807, 2.05) is 0 Å². The van der Waals surface area contributed by atoms with Crippen molar-refractivity contribution in [2.75, 3.05) is 5.32 Å². The fourth-order valence-corrected chi connectivity index (χ4v) is 1.65. The van der Waals surface area contributed by atoms with Crippen LogP contribution in [0.2, 0.25) is 0 Å². The number of carbonyl (C=O) groups is 2. The molecule has 0 aliphatic heterocycles. The van der Waals surface area contributed by atoms with Gasteiger partial charge in [0.25, 0.3) is 0 Å². The van der Waals surface area contributed by atoms with Crippen LogP contribution in [-0.2, 0) is 9.59 Å². The van der Waals surface area contributed by atoms with Crippen molar-refractivity contribution in [3.63, 3.8) is 0 Å². The summed E-state index contributed by atoms with van der Waals surface area (Å²) in [5.41, 5.74) is -1.70. The first-order chi connectivity index (χ1) is 8.36. The Morgan fingerprint density at radius 3 is 2.39 bits per heavy atom. The van der Waals surface area contributed by atoms with Gasteiger partial charge in [-0.05, 0) is 31.4 Å². The quantitative estimate of drug-likeness (QED) is 0.812. The van der Waals surface area contributed by atoms with E-state index in [0.29, 0.717) is 0 Å². The number of hydrogen-bond donors (Lipinski definition) is 2. The SMILES string of the molecule is Cc1cc(F)c(NC(=O)C2(C(=O)O)CC2)cc1F. The Labute approximate surface area is 102 Å². The molecule has 0 heterocycles. The van der Waals surface area contributed by atoms with Gasteiger partial charge in [0.2, 0.25) is 5.91 Å². The van der Waals surface area contributed by atoms with Crippen LogP contribution < -0.4 is 5.32 Å². The first-order valence-corrected chi connectivity index (χ1v) is 5.37. The van der Waals surface area contributed by atoms with Crippen molar-refractivity contribution in [2.24, 2.45) is 5.41 Å². The van der Waals surface area contributed by atoms with Gasteiger partial charge in [-0.15, -0.1) is 0 Å². The van der Waals surface area contributed by atoms with Gasteiger partial charge < -0.3 is 10.4 Å². The third-order valence-electron chi connectivity index (χ3n) is 3.09. The maximum absolute atomic E-state index is 13.5. The number of benzene rings is 1. The fraction of sp³-hybridized carbons (Fsp3) is 0.333. The van der Waals surface area contributed by atoms with Gasteiger partial charge in [0.1, 0.15) is 17.0 Å². The minimum absolute atomic E-state index is 0.116. The molecule has 4 nitrogen and oxygen atoms in total. The number of nitrogens with one attached hydrogen (secondary N) is 1. The molecular weight excluding hydrogens is 244 g/mol. The number of aliphatic carboxylic acids is 1. The topological polar surface area (TPSA) is 66.4 Å². The molecule has 1 aromatic rings. The fourth-order valence-electron chi connectivity index (χ4n) is 1.65. The molecule has 6 heteroatoms. The average Bonchev–Trinajstić information content (AvgIpc) is 3.06. The molecule has 2 N–H and O–H groups in total. The Balaban J connectivity index is 2.23. The summed E-state index contributed by atoms with van der Waals surface area (Å²) in [7, 11) is 0. The standard InChI is InChI=1S/C12H11F2NO3/c1-6-4-8(14)9(5-7(6)13)15-10(16)12(2-3-12)11(17)18/h4-5H,2-3H2,1H3,(H,15,16)(H,17,18). The average molecular weight is 255 g/mol. The van der Waals surface area contributed by atoms with Crippen LogP contribution >= 0.6 is 0 Å². The maximum atomic E-state index is 13.5. The lowest BCUT2D eigenvalue weighted by atomic mass is 10.1. The molecule has 96 valence electrons. The van der Waals surface area contributed by atoms with E-state index in [4.69, 9.17) is 5.11 Å². The molecule has 1 aromatic carbocycles. The van der Waals surface area contributed by atoms with Crippen LogP contribution in [0, 0.1) is 24.0 Å². The summed E-state index contributed by atoms with van der Waals surface area (Å²) in [6.07, 6.45) is 0.425. The minimum Gasteiger partial charge on any atom is -0.480 e. The van der Waals surface area contributed by atoms with Crippen LogP contribution in [0.15, 0.2) is 12.1 Å². The van der Waals surface area contributed by atoms with E-state index < -0.39 is 28.9 Å². The first kappa shape index (κ1) is 12.5. The lowest BCUT2D eigenvalue weighted by Gasteiger charge is -2.12. The predicted molar refractivity (Wildman–Crippen MR) is 59.0 cm³/mol. The number of aryl methyl sites for hydroxylation is 1. The molecular formula is C12H11F2NO3. The Bertz CT molecular complexity index is 538. The second-order valence-corrected chi connectivity index (χ2v) is 4.42. The summed E-state index contributed by atoms with van der Waals surface area (Å²) < 4.78 is 26.7. The van der Waals surface area contributed by atoms with Gasteiger partial charge in [-0.3, -0.25) is 9.59 Å². The Hall–Kier alpha value is -1.98. The van der Waals surface area contributed by atoms with Crippen molar-refractivity contribution in [2.45, 2.75) is 19.8 Å². The van der Waals surface area contributed by atoms with Crippen molar-refractivity contribution in [1.82, 2.24) is 0 Å². The summed E-state index contributed by atoms with van der Waals surface area (Å²) in [6, 6.07) is 1.80. The largest absolute Gasteiger partial charge is 0.480 e. The normalized spacial score (nSPS) is 16.2. The van der Waals surface area contributed by atoms with Crippen molar-refractivity contribution in [1.29, 1.82) is 0 Å². The van der Waals surface area contributed by atoms with Crippen LogP contribution in [0.5, 0.6) is 0 Å². The molecule has 1 fully saturated rings.